The zero-order valence-electron chi connectivity index (χ0n) is 9.45. The van der Waals surface area contributed by atoms with E-state index in [9.17, 15) is 8.78 Å². The molecule has 1 aromatic carbocycles. The molecule has 94 valence electrons. The lowest BCUT2D eigenvalue weighted by atomic mass is 10.2. The van der Waals surface area contributed by atoms with Gasteiger partial charge in [0.15, 0.2) is 11.6 Å². The van der Waals surface area contributed by atoms with E-state index in [0.29, 0.717) is 5.56 Å². The highest BCUT2D eigenvalue weighted by molar-refractivity contribution is 5.35. The van der Waals surface area contributed by atoms with Crippen molar-refractivity contribution in [2.45, 2.75) is 6.92 Å². The Morgan fingerprint density at radius 2 is 2.11 bits per heavy atom. The third-order valence-corrected chi connectivity index (χ3v) is 2.20. The summed E-state index contributed by atoms with van der Waals surface area (Å²) in [4.78, 5) is 7.19. The second kappa shape index (κ2) is 4.92. The van der Waals surface area contributed by atoms with E-state index in [4.69, 9.17) is 10.6 Å². The van der Waals surface area contributed by atoms with E-state index in [0.717, 1.165) is 6.20 Å². The molecule has 1 aromatic heterocycles. The van der Waals surface area contributed by atoms with Gasteiger partial charge in [0.05, 0.1) is 6.20 Å². The van der Waals surface area contributed by atoms with E-state index in [1.165, 1.54) is 6.07 Å². The number of nitrogens with one attached hydrogen (secondary N) is 1. The monoisotopic (exact) mass is 252 g/mol. The summed E-state index contributed by atoms with van der Waals surface area (Å²) >= 11 is 0. The maximum absolute atomic E-state index is 13.7. The number of halogens is 2. The van der Waals surface area contributed by atoms with Crippen molar-refractivity contribution in [1.29, 1.82) is 0 Å². The minimum atomic E-state index is -0.810. The number of benzene rings is 1. The summed E-state index contributed by atoms with van der Waals surface area (Å²) in [5.74, 6) is 3.16. The number of aryl methyl sites for hydroxylation is 1. The average molecular weight is 252 g/mol. The zero-order chi connectivity index (χ0) is 13.1. The maximum atomic E-state index is 13.7. The Bertz CT molecular complexity index is 577. The third kappa shape index (κ3) is 2.35. The van der Waals surface area contributed by atoms with Crippen LogP contribution >= 0.6 is 0 Å². The van der Waals surface area contributed by atoms with Crippen LogP contribution < -0.4 is 16.0 Å². The van der Waals surface area contributed by atoms with E-state index in [-0.39, 0.29) is 11.7 Å². The lowest BCUT2D eigenvalue weighted by molar-refractivity contribution is 0.395. The molecular weight excluding hydrogens is 242 g/mol. The van der Waals surface area contributed by atoms with Crippen molar-refractivity contribution < 1.29 is 13.5 Å². The summed E-state index contributed by atoms with van der Waals surface area (Å²) in [6, 6.07) is 4.54. The van der Waals surface area contributed by atoms with Gasteiger partial charge in [-0.1, -0.05) is 12.1 Å². The number of nitrogens with zero attached hydrogens (tertiary/aromatic N) is 2. The smallest absolute Gasteiger partial charge is 0.261 e. The van der Waals surface area contributed by atoms with Gasteiger partial charge in [-0.2, -0.15) is 9.37 Å². The first-order chi connectivity index (χ1) is 8.61. The molecule has 3 N–H and O–H groups in total. The van der Waals surface area contributed by atoms with E-state index < -0.39 is 17.5 Å². The minimum Gasteiger partial charge on any atom is -0.433 e. The van der Waals surface area contributed by atoms with Crippen LogP contribution in [0.3, 0.4) is 0 Å². The summed E-state index contributed by atoms with van der Waals surface area (Å²) < 4.78 is 32.1. The number of nitrogens with two attached hydrogens (primary N) is 1. The molecule has 2 rings (SSSR count). The van der Waals surface area contributed by atoms with Crippen molar-refractivity contribution in [1.82, 2.24) is 9.97 Å². The minimum absolute atomic E-state index is 0.0283. The first-order valence-corrected chi connectivity index (χ1v) is 5.04. The molecule has 0 bridgehead atoms. The fourth-order valence-corrected chi connectivity index (χ4v) is 1.30. The molecule has 7 heteroatoms. The van der Waals surface area contributed by atoms with Crippen molar-refractivity contribution in [3.8, 4) is 11.6 Å². The summed E-state index contributed by atoms with van der Waals surface area (Å²) in [6.07, 6.45) is 0.880. The molecule has 0 aliphatic heterocycles. The van der Waals surface area contributed by atoms with Crippen LogP contribution in [0.4, 0.5) is 14.7 Å². The molecule has 5 nitrogen and oxygen atoms in total. The summed E-state index contributed by atoms with van der Waals surface area (Å²) in [6.45, 7) is 1.57. The molecule has 2 aromatic rings. The number of ether oxygens (including phenoxy) is 1. The Labute approximate surface area is 102 Å². The van der Waals surface area contributed by atoms with Gasteiger partial charge in [-0.05, 0) is 18.6 Å². The van der Waals surface area contributed by atoms with Crippen molar-refractivity contribution in [2.24, 2.45) is 5.84 Å². The Hall–Kier alpha value is -2.28. The van der Waals surface area contributed by atoms with Gasteiger partial charge in [-0.15, -0.1) is 0 Å². The molecule has 0 atom stereocenters. The average Bonchev–Trinajstić information content (AvgIpc) is 2.37. The van der Waals surface area contributed by atoms with Gasteiger partial charge in [0, 0.05) is 0 Å². The van der Waals surface area contributed by atoms with Crippen molar-refractivity contribution in [3.05, 3.63) is 41.6 Å². The molecule has 0 radical (unpaired) electrons. The van der Waals surface area contributed by atoms with Gasteiger partial charge in [-0.25, -0.2) is 15.2 Å². The second-order valence-electron chi connectivity index (χ2n) is 3.48. The van der Waals surface area contributed by atoms with Gasteiger partial charge in [0.1, 0.15) is 0 Å². The first-order valence-electron chi connectivity index (χ1n) is 5.04. The quantitative estimate of drug-likeness (QED) is 0.646. The molecule has 18 heavy (non-hydrogen) atoms. The van der Waals surface area contributed by atoms with E-state index in [1.807, 2.05) is 0 Å². The van der Waals surface area contributed by atoms with Crippen LogP contribution in [0.1, 0.15) is 5.56 Å². The third-order valence-electron chi connectivity index (χ3n) is 2.20. The lowest BCUT2D eigenvalue weighted by Gasteiger charge is -2.08. The summed E-state index contributed by atoms with van der Waals surface area (Å²) in [5, 5.41) is 0. The van der Waals surface area contributed by atoms with Gasteiger partial charge >= 0.3 is 0 Å². The molecule has 0 saturated heterocycles. The highest BCUT2D eigenvalue weighted by atomic mass is 19.1. The molecule has 1 heterocycles. The van der Waals surface area contributed by atoms with Gasteiger partial charge in [-0.3, -0.25) is 5.43 Å². The van der Waals surface area contributed by atoms with Crippen molar-refractivity contribution in [2.75, 3.05) is 5.43 Å². The van der Waals surface area contributed by atoms with E-state index in [1.54, 1.807) is 19.1 Å². The van der Waals surface area contributed by atoms with Crippen LogP contribution in [0.15, 0.2) is 24.4 Å². The van der Waals surface area contributed by atoms with E-state index in [2.05, 4.69) is 15.4 Å². The largest absolute Gasteiger partial charge is 0.433 e. The lowest BCUT2D eigenvalue weighted by Crippen LogP contribution is -2.11. The normalized spacial score (nSPS) is 10.2. The van der Waals surface area contributed by atoms with Crippen LogP contribution in [0.25, 0.3) is 0 Å². The number of aromatic nitrogens is 2. The predicted octanol–water partition coefficient (Wildman–Crippen LogP) is 2.14. The molecular formula is C11H10F2N4O. The SMILES string of the molecule is Cc1cccc(Oc2nc(NN)ncc2F)c1F. The number of nitrogen functional groups attached to an aromatic ring is 1. The maximum Gasteiger partial charge on any atom is 0.261 e. The predicted molar refractivity (Wildman–Crippen MR) is 61.0 cm³/mol. The number of hydrogen-bond acceptors (Lipinski definition) is 5. The van der Waals surface area contributed by atoms with Crippen LogP contribution in [0.2, 0.25) is 0 Å². The molecule has 0 aliphatic rings. The Morgan fingerprint density at radius 3 is 2.83 bits per heavy atom. The second-order valence-corrected chi connectivity index (χ2v) is 3.48. The van der Waals surface area contributed by atoms with E-state index >= 15 is 0 Å². The molecule has 0 saturated carbocycles. The topological polar surface area (TPSA) is 73.1 Å². The van der Waals surface area contributed by atoms with Crippen LogP contribution in [0, 0.1) is 18.6 Å². The summed E-state index contributed by atoms with van der Waals surface area (Å²) in [5.41, 5.74) is 2.53. The molecule has 0 unspecified atom stereocenters. The fraction of sp³-hybridized carbons (Fsp3) is 0.0909. The molecule has 0 aliphatic carbocycles. The molecule has 0 amide bonds. The number of hydrogen-bond donors (Lipinski definition) is 2. The Kier molecular flexibility index (Phi) is 3.33. The van der Waals surface area contributed by atoms with Crippen LogP contribution in [-0.2, 0) is 0 Å². The number of anilines is 1. The zero-order valence-corrected chi connectivity index (χ0v) is 9.45. The number of rotatable bonds is 3. The van der Waals surface area contributed by atoms with Crippen molar-refractivity contribution >= 4 is 5.95 Å². The van der Waals surface area contributed by atoms with Gasteiger partial charge < -0.3 is 4.74 Å². The number of hydrazine groups is 1. The Balaban J connectivity index is 2.36. The fourth-order valence-electron chi connectivity index (χ4n) is 1.30. The standard InChI is InChI=1S/C11H10F2N4O/c1-6-3-2-4-8(9(6)13)18-10-7(12)5-15-11(16-10)17-14/h2-5H,14H2,1H3,(H,15,16,17). The van der Waals surface area contributed by atoms with Crippen LogP contribution in [0.5, 0.6) is 11.6 Å². The van der Waals surface area contributed by atoms with Gasteiger partial charge in [0.25, 0.3) is 5.88 Å². The Morgan fingerprint density at radius 1 is 1.33 bits per heavy atom. The first kappa shape index (κ1) is 12.2. The molecule has 0 spiro atoms. The highest BCUT2D eigenvalue weighted by Crippen LogP contribution is 2.26. The van der Waals surface area contributed by atoms with Crippen LogP contribution in [-0.4, -0.2) is 9.97 Å². The summed E-state index contributed by atoms with van der Waals surface area (Å²) in [7, 11) is 0. The van der Waals surface area contributed by atoms with Gasteiger partial charge in [0.2, 0.25) is 11.8 Å². The highest BCUT2D eigenvalue weighted by Gasteiger charge is 2.12. The van der Waals surface area contributed by atoms with Crippen molar-refractivity contribution in [3.63, 3.8) is 0 Å². The molecule has 0 fully saturated rings.